The zero-order chi connectivity index (χ0) is 17.7. The quantitative estimate of drug-likeness (QED) is 0.856. The molecule has 1 fully saturated rings. The second kappa shape index (κ2) is 8.12. The van der Waals surface area contributed by atoms with E-state index in [2.05, 4.69) is 12.2 Å². The minimum Gasteiger partial charge on any atom is -0.349 e. The van der Waals surface area contributed by atoms with Gasteiger partial charge in [-0.2, -0.15) is 4.31 Å². The fourth-order valence-electron chi connectivity index (χ4n) is 2.93. The number of carbonyl (C=O) groups is 1. The van der Waals surface area contributed by atoms with Crippen molar-refractivity contribution in [2.75, 3.05) is 13.1 Å². The number of sulfonamides is 1. The lowest BCUT2D eigenvalue weighted by molar-refractivity contribution is 0.0934. The Hall–Kier alpha value is -1.40. The fraction of sp³-hybridized carbons (Fsp3) is 0.611. The number of rotatable bonds is 6. The van der Waals surface area contributed by atoms with Crippen molar-refractivity contribution in [2.45, 2.75) is 57.4 Å². The molecule has 0 radical (unpaired) electrons. The highest BCUT2D eigenvalue weighted by Gasteiger charge is 2.28. The number of benzene rings is 1. The van der Waals surface area contributed by atoms with Crippen LogP contribution in [0, 0.1) is 5.92 Å². The van der Waals surface area contributed by atoms with E-state index in [1.807, 2.05) is 13.8 Å². The summed E-state index contributed by atoms with van der Waals surface area (Å²) >= 11 is 0. The molecule has 0 aromatic heterocycles. The monoisotopic (exact) mass is 352 g/mol. The molecular weight excluding hydrogens is 324 g/mol. The average molecular weight is 353 g/mol. The van der Waals surface area contributed by atoms with Crippen molar-refractivity contribution in [3.8, 4) is 0 Å². The molecule has 1 aromatic rings. The lowest BCUT2D eigenvalue weighted by atomic mass is 10.0. The third kappa shape index (κ3) is 4.36. The molecule has 6 heteroatoms. The first-order chi connectivity index (χ1) is 11.4. The van der Waals surface area contributed by atoms with Gasteiger partial charge in [0, 0.05) is 24.7 Å². The SMILES string of the molecule is CCC(CC)NC(=O)c1cccc(S(=O)(=O)N2CCC(C)CC2)c1. The maximum absolute atomic E-state index is 12.8. The first kappa shape index (κ1) is 18.9. The maximum atomic E-state index is 12.8. The molecule has 1 saturated heterocycles. The average Bonchev–Trinajstić information content (AvgIpc) is 2.60. The van der Waals surface area contributed by atoms with Crippen LogP contribution in [0.15, 0.2) is 29.2 Å². The lowest BCUT2D eigenvalue weighted by Crippen LogP contribution is -2.38. The Kier molecular flexibility index (Phi) is 6.40. The van der Waals surface area contributed by atoms with E-state index in [4.69, 9.17) is 0 Å². The summed E-state index contributed by atoms with van der Waals surface area (Å²) in [5.41, 5.74) is 0.397. The van der Waals surface area contributed by atoms with Crippen LogP contribution in [0.25, 0.3) is 0 Å². The van der Waals surface area contributed by atoms with Gasteiger partial charge in [-0.25, -0.2) is 8.42 Å². The second-order valence-corrected chi connectivity index (χ2v) is 8.54. The van der Waals surface area contributed by atoms with Gasteiger partial charge in [0.25, 0.3) is 5.91 Å². The van der Waals surface area contributed by atoms with E-state index in [1.54, 1.807) is 18.2 Å². The molecule has 2 rings (SSSR count). The normalized spacial score (nSPS) is 17.2. The lowest BCUT2D eigenvalue weighted by Gasteiger charge is -2.29. The van der Waals surface area contributed by atoms with E-state index < -0.39 is 10.0 Å². The highest BCUT2D eigenvalue weighted by molar-refractivity contribution is 7.89. The van der Waals surface area contributed by atoms with Gasteiger partial charge in [-0.3, -0.25) is 4.79 Å². The molecule has 0 spiro atoms. The zero-order valence-electron chi connectivity index (χ0n) is 14.8. The molecule has 24 heavy (non-hydrogen) atoms. The molecule has 0 unspecified atom stereocenters. The van der Waals surface area contributed by atoms with Gasteiger partial charge in [0.1, 0.15) is 0 Å². The van der Waals surface area contributed by atoms with Crippen LogP contribution in [0.2, 0.25) is 0 Å². The first-order valence-corrected chi connectivity index (χ1v) is 10.2. The summed E-state index contributed by atoms with van der Waals surface area (Å²) in [7, 11) is -3.53. The van der Waals surface area contributed by atoms with Gasteiger partial charge >= 0.3 is 0 Å². The number of amides is 1. The van der Waals surface area contributed by atoms with E-state index in [0.717, 1.165) is 25.7 Å². The highest BCUT2D eigenvalue weighted by atomic mass is 32.2. The van der Waals surface area contributed by atoms with Gasteiger partial charge in [0.05, 0.1) is 4.90 Å². The van der Waals surface area contributed by atoms with Gasteiger partial charge in [0.15, 0.2) is 0 Å². The Morgan fingerprint density at radius 1 is 1.25 bits per heavy atom. The smallest absolute Gasteiger partial charge is 0.251 e. The maximum Gasteiger partial charge on any atom is 0.251 e. The molecule has 1 aliphatic heterocycles. The molecule has 1 aliphatic rings. The van der Waals surface area contributed by atoms with Gasteiger partial charge in [0.2, 0.25) is 10.0 Å². The van der Waals surface area contributed by atoms with Crippen LogP contribution >= 0.6 is 0 Å². The number of carbonyl (C=O) groups excluding carboxylic acids is 1. The molecule has 0 atom stereocenters. The van der Waals surface area contributed by atoms with Crippen LogP contribution in [0.1, 0.15) is 56.8 Å². The minimum atomic E-state index is -3.53. The number of hydrogen-bond acceptors (Lipinski definition) is 3. The molecule has 1 amide bonds. The minimum absolute atomic E-state index is 0.112. The summed E-state index contributed by atoms with van der Waals surface area (Å²) in [5.74, 6) is 0.349. The fourth-order valence-corrected chi connectivity index (χ4v) is 4.45. The Bertz CT molecular complexity index is 661. The Balaban J connectivity index is 2.18. The van der Waals surface area contributed by atoms with Crippen molar-refractivity contribution in [3.05, 3.63) is 29.8 Å². The van der Waals surface area contributed by atoms with Crippen LogP contribution in [0.4, 0.5) is 0 Å². The standard InChI is InChI=1S/C18H28N2O3S/c1-4-16(5-2)19-18(21)15-7-6-8-17(13-15)24(22,23)20-11-9-14(3)10-12-20/h6-8,13-14,16H,4-5,9-12H2,1-3H3,(H,19,21). The van der Waals surface area contributed by atoms with Crippen LogP contribution < -0.4 is 5.32 Å². The molecule has 1 heterocycles. The summed E-state index contributed by atoms with van der Waals surface area (Å²) < 4.78 is 27.1. The van der Waals surface area contributed by atoms with Gasteiger partial charge in [-0.15, -0.1) is 0 Å². The molecule has 0 aliphatic carbocycles. The van der Waals surface area contributed by atoms with E-state index in [1.165, 1.54) is 10.4 Å². The van der Waals surface area contributed by atoms with Gasteiger partial charge < -0.3 is 5.32 Å². The zero-order valence-corrected chi connectivity index (χ0v) is 15.6. The number of hydrogen-bond donors (Lipinski definition) is 1. The van der Waals surface area contributed by atoms with Crippen LogP contribution in [0.3, 0.4) is 0 Å². The summed E-state index contributed by atoms with van der Waals surface area (Å²) in [5, 5.41) is 2.95. The van der Waals surface area contributed by atoms with E-state index >= 15 is 0 Å². The van der Waals surface area contributed by atoms with Crippen molar-refractivity contribution in [1.82, 2.24) is 9.62 Å². The Morgan fingerprint density at radius 2 is 1.88 bits per heavy atom. The summed E-state index contributed by atoms with van der Waals surface area (Å²) in [6.07, 6.45) is 3.47. The third-order valence-corrected chi connectivity index (χ3v) is 6.69. The van der Waals surface area contributed by atoms with E-state index in [9.17, 15) is 13.2 Å². The van der Waals surface area contributed by atoms with Crippen molar-refractivity contribution in [1.29, 1.82) is 0 Å². The largest absolute Gasteiger partial charge is 0.349 e. The molecule has 1 aromatic carbocycles. The van der Waals surface area contributed by atoms with E-state index in [-0.39, 0.29) is 16.8 Å². The number of nitrogens with one attached hydrogen (secondary N) is 1. The summed E-state index contributed by atoms with van der Waals surface area (Å²) in [6.45, 7) is 7.29. The summed E-state index contributed by atoms with van der Waals surface area (Å²) in [6, 6.07) is 6.48. The first-order valence-electron chi connectivity index (χ1n) is 8.79. The molecule has 1 N–H and O–H groups in total. The predicted molar refractivity (Wildman–Crippen MR) is 95.4 cm³/mol. The second-order valence-electron chi connectivity index (χ2n) is 6.60. The molecule has 5 nitrogen and oxygen atoms in total. The Morgan fingerprint density at radius 3 is 2.46 bits per heavy atom. The van der Waals surface area contributed by atoms with Gasteiger partial charge in [-0.05, 0) is 49.8 Å². The van der Waals surface area contributed by atoms with Crippen molar-refractivity contribution in [3.63, 3.8) is 0 Å². The number of nitrogens with zero attached hydrogens (tertiary/aromatic N) is 1. The van der Waals surface area contributed by atoms with E-state index in [0.29, 0.717) is 24.6 Å². The van der Waals surface area contributed by atoms with Crippen LogP contribution in [-0.4, -0.2) is 37.8 Å². The topological polar surface area (TPSA) is 66.5 Å². The third-order valence-electron chi connectivity index (χ3n) is 4.80. The highest BCUT2D eigenvalue weighted by Crippen LogP contribution is 2.24. The number of piperidine rings is 1. The van der Waals surface area contributed by atoms with Crippen molar-refractivity contribution in [2.24, 2.45) is 5.92 Å². The summed E-state index contributed by atoms with van der Waals surface area (Å²) in [4.78, 5) is 12.6. The molecular formula is C18H28N2O3S. The van der Waals surface area contributed by atoms with Crippen LogP contribution in [0.5, 0.6) is 0 Å². The molecule has 0 saturated carbocycles. The van der Waals surface area contributed by atoms with Crippen molar-refractivity contribution >= 4 is 15.9 Å². The molecule has 0 bridgehead atoms. The Labute approximate surface area is 145 Å². The predicted octanol–water partition coefficient (Wildman–Crippen LogP) is 3.03. The van der Waals surface area contributed by atoms with Crippen molar-refractivity contribution < 1.29 is 13.2 Å². The van der Waals surface area contributed by atoms with Gasteiger partial charge in [-0.1, -0.05) is 26.8 Å². The van der Waals surface area contributed by atoms with Crippen LogP contribution in [-0.2, 0) is 10.0 Å². The molecule has 134 valence electrons.